The van der Waals surface area contributed by atoms with Crippen LogP contribution < -0.4 is 10.6 Å². The smallest absolute Gasteiger partial charge is 0.315 e. The zero-order valence-corrected chi connectivity index (χ0v) is 13.6. The van der Waals surface area contributed by atoms with Crippen molar-refractivity contribution < 1.29 is 13.6 Å². The molecule has 2 saturated carbocycles. The van der Waals surface area contributed by atoms with Crippen LogP contribution in [0.3, 0.4) is 0 Å². The molecule has 4 rings (SSSR count). The Labute approximate surface area is 140 Å². The molecule has 130 valence electrons. The molecule has 1 heterocycles. The Morgan fingerprint density at radius 1 is 1.08 bits per heavy atom. The van der Waals surface area contributed by atoms with Crippen molar-refractivity contribution in [1.29, 1.82) is 0 Å². The average Bonchev–Trinajstić information content (AvgIpc) is 3.43. The summed E-state index contributed by atoms with van der Waals surface area (Å²) in [4.78, 5) is 14.6. The number of piperidine rings is 1. The van der Waals surface area contributed by atoms with Crippen LogP contribution in [0.4, 0.5) is 13.6 Å². The minimum Gasteiger partial charge on any atom is -0.335 e. The molecule has 4 nitrogen and oxygen atoms in total. The van der Waals surface area contributed by atoms with Gasteiger partial charge in [-0.1, -0.05) is 6.07 Å². The summed E-state index contributed by atoms with van der Waals surface area (Å²) in [6.45, 7) is 2.12. The molecule has 0 radical (unpaired) electrons. The molecule has 1 aromatic rings. The van der Waals surface area contributed by atoms with Gasteiger partial charge in [-0.15, -0.1) is 0 Å². The number of carbonyl (C=O) groups is 1. The lowest BCUT2D eigenvalue weighted by molar-refractivity contribution is 0.186. The maximum absolute atomic E-state index is 13.8. The molecule has 2 aliphatic carbocycles. The summed E-state index contributed by atoms with van der Waals surface area (Å²) in [5.74, 6) is -1.15. The maximum atomic E-state index is 13.8. The summed E-state index contributed by atoms with van der Waals surface area (Å²) < 4.78 is 26.7. The van der Waals surface area contributed by atoms with Gasteiger partial charge < -0.3 is 15.5 Å². The predicted octanol–water partition coefficient (Wildman–Crippen LogP) is 2.75. The third-order valence-corrected chi connectivity index (χ3v) is 5.40. The van der Waals surface area contributed by atoms with Crippen molar-refractivity contribution in [2.45, 2.75) is 56.1 Å². The van der Waals surface area contributed by atoms with E-state index < -0.39 is 11.6 Å². The van der Waals surface area contributed by atoms with E-state index in [1.807, 2.05) is 0 Å². The standard InChI is InChI=1S/C18H23F2N3O/c19-11-1-4-14(16(20)9-11)15-10-17(15)22-18(24)21-12-5-7-23(8-6-12)13-2-3-13/h1,4,9,12-13,15,17H,2-3,5-8,10H2,(H2,21,22,24)/t15-,17-/m0/s1. The number of benzene rings is 1. The van der Waals surface area contributed by atoms with Crippen molar-refractivity contribution in [2.75, 3.05) is 13.1 Å². The topological polar surface area (TPSA) is 44.4 Å². The summed E-state index contributed by atoms with van der Waals surface area (Å²) >= 11 is 0. The molecule has 2 atom stereocenters. The van der Waals surface area contributed by atoms with E-state index in [-0.39, 0.29) is 24.0 Å². The quantitative estimate of drug-likeness (QED) is 0.889. The Hall–Kier alpha value is -1.69. The van der Waals surface area contributed by atoms with Crippen LogP contribution in [0, 0.1) is 11.6 Å². The van der Waals surface area contributed by atoms with Gasteiger partial charge in [-0.3, -0.25) is 0 Å². The van der Waals surface area contributed by atoms with Gasteiger partial charge in [0.25, 0.3) is 0 Å². The Morgan fingerprint density at radius 2 is 1.83 bits per heavy atom. The Bertz CT molecular complexity index is 627. The summed E-state index contributed by atoms with van der Waals surface area (Å²) in [5.41, 5.74) is 0.486. The fourth-order valence-electron chi connectivity index (χ4n) is 3.74. The van der Waals surface area contributed by atoms with E-state index in [0.29, 0.717) is 12.0 Å². The number of rotatable bonds is 4. The SMILES string of the molecule is O=C(NC1CCN(C2CC2)CC1)N[C@H]1C[C@H]1c1ccc(F)cc1F. The van der Waals surface area contributed by atoms with Gasteiger partial charge in [0.15, 0.2) is 0 Å². The first kappa shape index (κ1) is 15.8. The third-order valence-electron chi connectivity index (χ3n) is 5.40. The van der Waals surface area contributed by atoms with Gasteiger partial charge in [0.05, 0.1) is 0 Å². The molecule has 3 fully saturated rings. The molecule has 3 aliphatic rings. The molecule has 1 saturated heterocycles. The molecule has 2 amide bonds. The van der Waals surface area contributed by atoms with Gasteiger partial charge >= 0.3 is 6.03 Å². The van der Waals surface area contributed by atoms with Crippen molar-refractivity contribution in [3.8, 4) is 0 Å². The van der Waals surface area contributed by atoms with Crippen molar-refractivity contribution in [1.82, 2.24) is 15.5 Å². The third kappa shape index (κ3) is 3.53. The number of hydrogen-bond donors (Lipinski definition) is 2. The fraction of sp³-hybridized carbons (Fsp3) is 0.611. The number of likely N-dealkylation sites (tertiary alicyclic amines) is 1. The molecule has 0 unspecified atom stereocenters. The molecule has 1 aliphatic heterocycles. The maximum Gasteiger partial charge on any atom is 0.315 e. The zero-order chi connectivity index (χ0) is 16.7. The monoisotopic (exact) mass is 335 g/mol. The number of carbonyl (C=O) groups excluding carboxylic acids is 1. The molecule has 0 spiro atoms. The second kappa shape index (κ2) is 6.31. The first-order chi connectivity index (χ1) is 11.6. The number of nitrogens with zero attached hydrogens (tertiary/aromatic N) is 1. The largest absolute Gasteiger partial charge is 0.335 e. The normalized spacial score (nSPS) is 27.8. The molecule has 2 N–H and O–H groups in total. The highest BCUT2D eigenvalue weighted by molar-refractivity contribution is 5.75. The van der Waals surface area contributed by atoms with Gasteiger partial charge in [-0.2, -0.15) is 0 Å². The summed E-state index contributed by atoms with van der Waals surface area (Å²) in [6.07, 6.45) is 5.33. The number of nitrogens with one attached hydrogen (secondary N) is 2. The van der Waals surface area contributed by atoms with E-state index in [1.165, 1.54) is 25.0 Å². The highest BCUT2D eigenvalue weighted by Crippen LogP contribution is 2.42. The number of halogens is 2. The lowest BCUT2D eigenvalue weighted by Gasteiger charge is -2.32. The first-order valence-corrected chi connectivity index (χ1v) is 8.86. The Morgan fingerprint density at radius 3 is 2.50 bits per heavy atom. The predicted molar refractivity (Wildman–Crippen MR) is 86.8 cm³/mol. The van der Waals surface area contributed by atoms with Crippen LogP contribution in [-0.4, -0.2) is 42.1 Å². The molecular weight excluding hydrogens is 312 g/mol. The number of amides is 2. The molecular formula is C18H23F2N3O. The Kier molecular flexibility index (Phi) is 4.16. The van der Waals surface area contributed by atoms with Crippen molar-refractivity contribution in [3.05, 3.63) is 35.4 Å². The van der Waals surface area contributed by atoms with E-state index in [9.17, 15) is 13.6 Å². The molecule has 1 aromatic carbocycles. The first-order valence-electron chi connectivity index (χ1n) is 8.86. The second-order valence-electron chi connectivity index (χ2n) is 7.27. The van der Waals surface area contributed by atoms with Gasteiger partial charge in [0.1, 0.15) is 11.6 Å². The van der Waals surface area contributed by atoms with Gasteiger partial charge in [-0.25, -0.2) is 13.6 Å². The highest BCUT2D eigenvalue weighted by atomic mass is 19.1. The molecule has 0 aromatic heterocycles. The van der Waals surface area contributed by atoms with Crippen LogP contribution in [0.5, 0.6) is 0 Å². The van der Waals surface area contributed by atoms with E-state index in [4.69, 9.17) is 0 Å². The van der Waals surface area contributed by atoms with Crippen molar-refractivity contribution >= 4 is 6.03 Å². The van der Waals surface area contributed by atoms with Crippen LogP contribution in [-0.2, 0) is 0 Å². The van der Waals surface area contributed by atoms with Gasteiger partial charge in [0, 0.05) is 43.2 Å². The van der Waals surface area contributed by atoms with E-state index in [0.717, 1.165) is 38.0 Å². The second-order valence-corrected chi connectivity index (χ2v) is 7.27. The highest BCUT2D eigenvalue weighted by Gasteiger charge is 2.41. The van der Waals surface area contributed by atoms with Crippen molar-refractivity contribution in [2.24, 2.45) is 0 Å². The van der Waals surface area contributed by atoms with E-state index in [1.54, 1.807) is 0 Å². The lowest BCUT2D eigenvalue weighted by Crippen LogP contribution is -2.48. The minimum absolute atomic E-state index is 0.0481. The van der Waals surface area contributed by atoms with Gasteiger partial charge in [0.2, 0.25) is 0 Å². The zero-order valence-electron chi connectivity index (χ0n) is 13.6. The fourth-order valence-corrected chi connectivity index (χ4v) is 3.74. The average molecular weight is 335 g/mol. The molecule has 0 bridgehead atoms. The van der Waals surface area contributed by atoms with Gasteiger partial charge in [-0.05, 0) is 43.7 Å². The van der Waals surface area contributed by atoms with Crippen LogP contribution in [0.15, 0.2) is 18.2 Å². The van der Waals surface area contributed by atoms with Crippen LogP contribution in [0.2, 0.25) is 0 Å². The lowest BCUT2D eigenvalue weighted by atomic mass is 10.1. The van der Waals surface area contributed by atoms with Crippen molar-refractivity contribution in [3.63, 3.8) is 0 Å². The minimum atomic E-state index is -0.573. The Balaban J connectivity index is 1.23. The van der Waals surface area contributed by atoms with E-state index in [2.05, 4.69) is 15.5 Å². The summed E-state index contributed by atoms with van der Waals surface area (Å²) in [7, 11) is 0. The van der Waals surface area contributed by atoms with Crippen LogP contribution in [0.1, 0.15) is 43.6 Å². The number of hydrogen-bond acceptors (Lipinski definition) is 2. The molecule has 24 heavy (non-hydrogen) atoms. The number of urea groups is 1. The van der Waals surface area contributed by atoms with Crippen LogP contribution in [0.25, 0.3) is 0 Å². The molecule has 6 heteroatoms. The summed E-state index contributed by atoms with van der Waals surface area (Å²) in [6, 6.07) is 4.42. The van der Waals surface area contributed by atoms with E-state index >= 15 is 0 Å². The summed E-state index contributed by atoms with van der Waals surface area (Å²) in [5, 5.41) is 5.95. The van der Waals surface area contributed by atoms with Crippen LogP contribution >= 0.6 is 0 Å².